The minimum Gasteiger partial charge on any atom is -0.392 e. The van der Waals surface area contributed by atoms with E-state index in [1.807, 2.05) is 61.7 Å². The number of likely N-dealkylation sites (N-methyl/N-ethyl adjacent to an activating group) is 1. The van der Waals surface area contributed by atoms with Gasteiger partial charge in [-0.1, -0.05) is 115 Å². The van der Waals surface area contributed by atoms with Gasteiger partial charge in [-0.25, -0.2) is 4.68 Å². The number of H-pyrrole nitrogens is 1. The third-order valence-electron chi connectivity index (χ3n) is 10.7. The molecule has 2 atom stereocenters. The predicted octanol–water partition coefficient (Wildman–Crippen LogP) is 7.53. The number of hydrogen-bond donors (Lipinski definition) is 3. The molecule has 0 radical (unpaired) electrons. The number of halogens is 3. The highest BCUT2D eigenvalue weighted by molar-refractivity contribution is 5.95. The Kier molecular flexibility index (Phi) is 8.00. The Morgan fingerprint density at radius 3 is 1.90 bits per heavy atom. The van der Waals surface area contributed by atoms with Gasteiger partial charge in [0.2, 0.25) is 0 Å². The molecule has 1 fully saturated rings. The van der Waals surface area contributed by atoms with Crippen LogP contribution < -0.4 is 10.5 Å². The molecule has 1 aliphatic heterocycles. The Balaban J connectivity index is 1.28. The zero-order valence-electron chi connectivity index (χ0n) is 27.8. The van der Waals surface area contributed by atoms with E-state index in [1.54, 1.807) is 18.2 Å². The second kappa shape index (κ2) is 12.4. The minimum absolute atomic E-state index is 0.213. The maximum atomic E-state index is 14.4. The summed E-state index contributed by atoms with van der Waals surface area (Å²) < 4.78 is 44.1. The third-order valence-corrected chi connectivity index (χ3v) is 10.7. The summed E-state index contributed by atoms with van der Waals surface area (Å²) >= 11 is 0. The van der Waals surface area contributed by atoms with Crippen molar-refractivity contribution in [2.75, 3.05) is 11.9 Å². The molecular formula is C42H36F3N3O3. The van der Waals surface area contributed by atoms with E-state index in [4.69, 9.17) is 0 Å². The predicted molar refractivity (Wildman–Crippen MR) is 192 cm³/mol. The van der Waals surface area contributed by atoms with Crippen LogP contribution in [0.1, 0.15) is 33.9 Å². The first-order chi connectivity index (χ1) is 24.6. The van der Waals surface area contributed by atoms with Gasteiger partial charge in [0, 0.05) is 35.7 Å². The van der Waals surface area contributed by atoms with Crippen molar-refractivity contribution in [3.8, 4) is 5.69 Å². The van der Waals surface area contributed by atoms with Crippen LogP contribution in [0.4, 0.5) is 18.9 Å². The van der Waals surface area contributed by atoms with E-state index < -0.39 is 52.5 Å². The van der Waals surface area contributed by atoms with E-state index in [2.05, 4.69) is 58.5 Å². The fourth-order valence-electron chi connectivity index (χ4n) is 8.39. The zero-order chi connectivity index (χ0) is 35.5. The van der Waals surface area contributed by atoms with Gasteiger partial charge in [-0.2, -0.15) is 13.2 Å². The fraction of sp³-hybridized carbons (Fsp3) is 0.214. The van der Waals surface area contributed by atoms with Crippen LogP contribution in [0.5, 0.6) is 0 Å². The van der Waals surface area contributed by atoms with E-state index >= 15 is 0 Å². The molecule has 258 valence electrons. The lowest BCUT2D eigenvalue weighted by Crippen LogP contribution is -2.55. The molecule has 0 amide bonds. The molecular weight excluding hydrogens is 651 g/mol. The number of fused-ring (bicyclic) bond motifs is 3. The van der Waals surface area contributed by atoms with Crippen molar-refractivity contribution in [2.45, 2.75) is 42.6 Å². The van der Waals surface area contributed by atoms with E-state index in [0.29, 0.717) is 12.8 Å². The number of anilines is 1. The number of hydrogen-bond acceptors (Lipinski definition) is 4. The van der Waals surface area contributed by atoms with Crippen molar-refractivity contribution >= 4 is 16.5 Å². The molecule has 0 saturated heterocycles. The van der Waals surface area contributed by atoms with Crippen LogP contribution in [0.3, 0.4) is 0 Å². The fourth-order valence-corrected chi connectivity index (χ4v) is 8.39. The van der Waals surface area contributed by atoms with Crippen molar-refractivity contribution in [2.24, 2.45) is 5.92 Å². The minimum atomic E-state index is -4.92. The van der Waals surface area contributed by atoms with Crippen molar-refractivity contribution in [1.82, 2.24) is 9.78 Å². The molecule has 6 aromatic rings. The highest BCUT2D eigenvalue weighted by Gasteiger charge is 2.56. The molecule has 2 unspecified atom stereocenters. The molecule has 8 rings (SSSR count). The lowest BCUT2D eigenvalue weighted by Gasteiger charge is -2.46. The van der Waals surface area contributed by atoms with E-state index in [1.165, 1.54) is 12.1 Å². The Hall–Kier alpha value is -5.38. The van der Waals surface area contributed by atoms with Crippen LogP contribution in [-0.2, 0) is 24.4 Å². The third kappa shape index (κ3) is 5.39. The highest BCUT2D eigenvalue weighted by Crippen LogP contribution is 2.56. The average molecular weight is 688 g/mol. The van der Waals surface area contributed by atoms with Gasteiger partial charge in [0.05, 0.1) is 23.5 Å². The monoisotopic (exact) mass is 687 g/mol. The molecule has 5 aromatic carbocycles. The summed E-state index contributed by atoms with van der Waals surface area (Å²) in [6.45, 7) is 0. The van der Waals surface area contributed by atoms with Crippen molar-refractivity contribution in [3.05, 3.63) is 177 Å². The van der Waals surface area contributed by atoms with Gasteiger partial charge in [0.25, 0.3) is 5.56 Å². The molecule has 2 aliphatic rings. The number of nitrogens with one attached hydrogen (secondary N) is 1. The average Bonchev–Trinajstić information content (AvgIpc) is 3.59. The number of allylic oxidation sites excluding steroid dienone is 1. The van der Waals surface area contributed by atoms with Crippen molar-refractivity contribution in [1.29, 1.82) is 0 Å². The van der Waals surface area contributed by atoms with Crippen LogP contribution >= 0.6 is 0 Å². The summed E-state index contributed by atoms with van der Waals surface area (Å²) in [6.07, 6.45) is -4.84. The number of aromatic nitrogens is 2. The van der Waals surface area contributed by atoms with Crippen LogP contribution in [0.15, 0.2) is 144 Å². The second-order valence-electron chi connectivity index (χ2n) is 13.7. The molecule has 0 bridgehead atoms. The number of para-hydroxylation sites is 1. The zero-order valence-corrected chi connectivity index (χ0v) is 27.8. The van der Waals surface area contributed by atoms with Gasteiger partial charge in [-0.3, -0.25) is 9.89 Å². The van der Waals surface area contributed by atoms with E-state index in [-0.39, 0.29) is 5.69 Å². The number of aliphatic hydroxyl groups is 2. The van der Waals surface area contributed by atoms with Crippen LogP contribution in [-0.4, -0.2) is 39.2 Å². The summed E-state index contributed by atoms with van der Waals surface area (Å²) in [5.41, 5.74) is 1.71. The maximum Gasteiger partial charge on any atom is 0.433 e. The first-order valence-corrected chi connectivity index (χ1v) is 17.0. The Morgan fingerprint density at radius 1 is 0.765 bits per heavy atom. The Bertz CT molecular complexity index is 2250. The molecule has 51 heavy (non-hydrogen) atoms. The normalized spacial score (nSPS) is 21.9. The molecule has 3 N–H and O–H groups in total. The standard InChI is InChI=1S/C42H36F3N3O3/c1-47-32-22-21-28-17-11-12-20-30(28)36(32)41(24-26-13-5-2-6-14-26,25-27-15-7-3-8-16-27)33(47)23-31-37(49)34(38(31)50)35-39(42(43,44)45)46-48(40(35)51)29-18-9-4-10-19-29/h2-23,31,34,37-38,46,49-50H,24-25H2,1H3/b33-23-. The Morgan fingerprint density at radius 2 is 1.31 bits per heavy atom. The van der Waals surface area contributed by atoms with Crippen LogP contribution in [0.25, 0.3) is 16.5 Å². The number of alkyl halides is 3. The van der Waals surface area contributed by atoms with Crippen LogP contribution in [0.2, 0.25) is 0 Å². The topological polar surface area (TPSA) is 81.5 Å². The second-order valence-corrected chi connectivity index (χ2v) is 13.7. The number of aliphatic hydroxyl groups excluding tert-OH is 2. The largest absolute Gasteiger partial charge is 0.433 e. The number of benzene rings is 5. The SMILES string of the molecule is CN1/C(=C\C2C(O)C(c3c(C(F)(F)F)[nH]n(-c4ccccc4)c3=O)C2O)C(Cc2ccccc2)(Cc2ccccc2)c2c1ccc1ccccc21. The summed E-state index contributed by atoms with van der Waals surface area (Å²) in [5, 5.41) is 27.8. The van der Waals surface area contributed by atoms with Gasteiger partial charge in [0.15, 0.2) is 0 Å². The van der Waals surface area contributed by atoms with Gasteiger partial charge in [-0.15, -0.1) is 0 Å². The quantitative estimate of drug-likeness (QED) is 0.162. The van der Waals surface area contributed by atoms with Crippen LogP contribution in [0, 0.1) is 5.92 Å². The Labute approximate surface area is 292 Å². The van der Waals surface area contributed by atoms with Crippen molar-refractivity contribution in [3.63, 3.8) is 0 Å². The summed E-state index contributed by atoms with van der Waals surface area (Å²) in [6, 6.07) is 40.6. The molecule has 1 aromatic heterocycles. The lowest BCUT2D eigenvalue weighted by molar-refractivity contribution is -0.145. The highest BCUT2D eigenvalue weighted by atomic mass is 19.4. The molecule has 9 heteroatoms. The van der Waals surface area contributed by atoms with Gasteiger partial charge >= 0.3 is 6.18 Å². The number of rotatable bonds is 7. The lowest BCUT2D eigenvalue weighted by atomic mass is 9.63. The summed E-state index contributed by atoms with van der Waals surface area (Å²) in [7, 11) is 1.96. The summed E-state index contributed by atoms with van der Waals surface area (Å²) in [5.74, 6) is -2.40. The number of nitrogens with zero attached hydrogens (tertiary/aromatic N) is 2. The summed E-state index contributed by atoms with van der Waals surface area (Å²) in [4.78, 5) is 15.7. The van der Waals surface area contributed by atoms with Gasteiger partial charge < -0.3 is 15.1 Å². The molecule has 1 aliphatic carbocycles. The molecule has 0 spiro atoms. The van der Waals surface area contributed by atoms with Gasteiger partial charge in [0.1, 0.15) is 5.69 Å². The van der Waals surface area contributed by atoms with Gasteiger partial charge in [-0.05, 0) is 58.5 Å². The smallest absolute Gasteiger partial charge is 0.392 e. The molecule has 6 nitrogen and oxygen atoms in total. The molecule has 1 saturated carbocycles. The maximum absolute atomic E-state index is 14.4. The van der Waals surface area contributed by atoms with E-state index in [9.17, 15) is 28.2 Å². The van der Waals surface area contributed by atoms with Crippen molar-refractivity contribution < 1.29 is 23.4 Å². The first-order valence-electron chi connectivity index (χ1n) is 17.0. The molecule has 2 heterocycles. The first kappa shape index (κ1) is 32.8. The van der Waals surface area contributed by atoms with E-state index in [0.717, 1.165) is 43.5 Å². The number of aromatic amines is 1.